The molecule has 198 valence electrons. The van der Waals surface area contributed by atoms with Crippen molar-refractivity contribution in [1.82, 2.24) is 24.1 Å². The number of carbonyl (C=O) groups excluding carboxylic acids is 2. The summed E-state index contributed by atoms with van der Waals surface area (Å²) < 4.78 is 9.03. The van der Waals surface area contributed by atoms with E-state index in [0.717, 1.165) is 30.4 Å². The van der Waals surface area contributed by atoms with Crippen LogP contribution in [-0.2, 0) is 13.1 Å². The van der Waals surface area contributed by atoms with E-state index < -0.39 is 5.69 Å². The number of aryl methyl sites for hydroxylation is 1. The minimum absolute atomic E-state index is 0.123. The number of methoxy groups -OCH3 is 1. The van der Waals surface area contributed by atoms with Crippen LogP contribution >= 0.6 is 0 Å². The second kappa shape index (κ2) is 10.6. The van der Waals surface area contributed by atoms with Gasteiger partial charge in [0.1, 0.15) is 12.3 Å². The zero-order valence-electron chi connectivity index (χ0n) is 21.6. The highest BCUT2D eigenvalue weighted by Crippen LogP contribution is 2.19. The summed E-state index contributed by atoms with van der Waals surface area (Å²) >= 11 is 0. The Morgan fingerprint density at radius 3 is 2.58 bits per heavy atom. The number of amides is 1. The third-order valence-electron chi connectivity index (χ3n) is 7.11. The molecule has 5 rings (SSSR count). The molecule has 38 heavy (non-hydrogen) atoms. The van der Waals surface area contributed by atoms with Crippen LogP contribution in [0, 0.1) is 0 Å². The predicted molar refractivity (Wildman–Crippen MR) is 143 cm³/mol. The van der Waals surface area contributed by atoms with Crippen LogP contribution in [0.15, 0.2) is 52.1 Å². The first kappa shape index (κ1) is 25.4. The Hall–Kier alpha value is -4.21. The minimum Gasteiger partial charge on any atom is -0.497 e. The molecule has 0 unspecified atom stereocenters. The molecule has 1 aliphatic carbocycles. The normalized spacial score (nSPS) is 14.2. The molecule has 10 heteroatoms. The minimum atomic E-state index is -0.559. The highest BCUT2D eigenvalue weighted by molar-refractivity contribution is 5.98. The lowest BCUT2D eigenvalue weighted by Crippen LogP contribution is -2.36. The standard InChI is InChI=1S/C28H31N5O5/c1-3-14-31-26(36)22-13-12-19(25(35)29-20-9-5-4-6-10-20)16-23(22)33-27(31)30-32(28(33)37)17-24(34)18-8-7-11-21(15-18)38-2/h7-8,11-13,15-16,20H,3-6,9-10,14,17H2,1-2H3,(H,29,35). The Morgan fingerprint density at radius 1 is 1.05 bits per heavy atom. The fourth-order valence-electron chi connectivity index (χ4n) is 5.12. The van der Waals surface area contributed by atoms with Crippen LogP contribution in [0.1, 0.15) is 66.2 Å². The number of hydrogen-bond donors (Lipinski definition) is 1. The molecule has 4 aromatic rings. The number of carbonyl (C=O) groups is 2. The summed E-state index contributed by atoms with van der Waals surface area (Å²) in [5, 5.41) is 7.78. The summed E-state index contributed by atoms with van der Waals surface area (Å²) in [6.07, 6.45) is 5.88. The molecule has 1 saturated carbocycles. The molecule has 0 saturated heterocycles. The molecule has 0 spiro atoms. The van der Waals surface area contributed by atoms with E-state index in [1.54, 1.807) is 42.5 Å². The first-order chi connectivity index (χ1) is 18.4. The highest BCUT2D eigenvalue weighted by Gasteiger charge is 2.22. The van der Waals surface area contributed by atoms with Gasteiger partial charge in [-0.15, -0.1) is 5.10 Å². The smallest absolute Gasteiger partial charge is 0.352 e. The monoisotopic (exact) mass is 517 g/mol. The van der Waals surface area contributed by atoms with Crippen molar-refractivity contribution in [2.45, 2.75) is 64.6 Å². The topological polar surface area (TPSA) is 117 Å². The zero-order valence-corrected chi connectivity index (χ0v) is 21.6. The molecule has 2 aromatic carbocycles. The van der Waals surface area contributed by atoms with Gasteiger partial charge in [-0.3, -0.25) is 19.0 Å². The van der Waals surface area contributed by atoms with E-state index in [1.165, 1.54) is 22.5 Å². The number of ether oxygens (including phenoxy) is 1. The SMILES string of the molecule is CCCn1c(=O)c2ccc(C(=O)NC3CCCCC3)cc2n2c(=O)n(CC(=O)c3cccc(OC)c3)nc12. The zero-order chi connectivity index (χ0) is 26.8. The van der Waals surface area contributed by atoms with Crippen molar-refractivity contribution in [1.29, 1.82) is 0 Å². The largest absolute Gasteiger partial charge is 0.497 e. The average molecular weight is 518 g/mol. The lowest BCUT2D eigenvalue weighted by molar-refractivity contribution is 0.0926. The van der Waals surface area contributed by atoms with Gasteiger partial charge in [0, 0.05) is 23.7 Å². The van der Waals surface area contributed by atoms with E-state index in [2.05, 4.69) is 10.4 Å². The lowest BCUT2D eigenvalue weighted by atomic mass is 9.95. The number of ketones is 1. The second-order valence-corrected chi connectivity index (χ2v) is 9.73. The van der Waals surface area contributed by atoms with Crippen molar-refractivity contribution >= 4 is 28.4 Å². The third kappa shape index (κ3) is 4.73. The van der Waals surface area contributed by atoms with Gasteiger partial charge in [0.2, 0.25) is 5.78 Å². The van der Waals surface area contributed by atoms with E-state index >= 15 is 0 Å². The Kier molecular flexibility index (Phi) is 7.13. The number of aromatic nitrogens is 4. The Labute approximate surface area is 218 Å². The van der Waals surface area contributed by atoms with Crippen LogP contribution in [0.2, 0.25) is 0 Å². The molecule has 0 bridgehead atoms. The third-order valence-corrected chi connectivity index (χ3v) is 7.11. The molecule has 1 N–H and O–H groups in total. The first-order valence-corrected chi connectivity index (χ1v) is 13.1. The molecule has 0 radical (unpaired) electrons. The van der Waals surface area contributed by atoms with Crippen molar-refractivity contribution in [3.63, 3.8) is 0 Å². The highest BCUT2D eigenvalue weighted by atomic mass is 16.5. The average Bonchev–Trinajstić information content (AvgIpc) is 3.26. The van der Waals surface area contributed by atoms with Crippen molar-refractivity contribution in [3.8, 4) is 5.75 Å². The lowest BCUT2D eigenvalue weighted by Gasteiger charge is -2.22. The molecule has 2 aromatic heterocycles. The van der Waals surface area contributed by atoms with Gasteiger partial charge >= 0.3 is 5.69 Å². The fourth-order valence-corrected chi connectivity index (χ4v) is 5.12. The summed E-state index contributed by atoms with van der Waals surface area (Å²) in [4.78, 5) is 53.0. The van der Waals surface area contributed by atoms with Gasteiger partial charge < -0.3 is 10.1 Å². The number of rotatable bonds is 8. The number of Topliss-reactive ketones (excluding diaryl/α,β-unsaturated/α-hetero) is 1. The molecule has 1 aliphatic rings. The van der Waals surface area contributed by atoms with Crippen molar-refractivity contribution in [2.24, 2.45) is 0 Å². The van der Waals surface area contributed by atoms with Crippen LogP contribution in [0.3, 0.4) is 0 Å². The summed E-state index contributed by atoms with van der Waals surface area (Å²) in [5.41, 5.74) is 0.175. The first-order valence-electron chi connectivity index (χ1n) is 13.1. The van der Waals surface area contributed by atoms with Crippen molar-refractivity contribution < 1.29 is 14.3 Å². The molecule has 1 amide bonds. The van der Waals surface area contributed by atoms with Gasteiger partial charge in [0.05, 0.1) is 18.0 Å². The summed E-state index contributed by atoms with van der Waals surface area (Å²) in [6, 6.07) is 11.6. The number of nitrogens with zero attached hydrogens (tertiary/aromatic N) is 4. The van der Waals surface area contributed by atoms with Crippen molar-refractivity contribution in [3.05, 3.63) is 74.4 Å². The van der Waals surface area contributed by atoms with E-state index in [0.29, 0.717) is 40.7 Å². The fraction of sp³-hybridized carbons (Fsp3) is 0.393. The quantitative estimate of drug-likeness (QED) is 0.359. The van der Waals surface area contributed by atoms with Crippen LogP contribution in [0.5, 0.6) is 5.75 Å². The van der Waals surface area contributed by atoms with E-state index in [9.17, 15) is 19.2 Å². The number of nitrogens with one attached hydrogen (secondary N) is 1. The van der Waals surface area contributed by atoms with E-state index in [1.807, 2.05) is 6.92 Å². The maximum atomic E-state index is 13.6. The summed E-state index contributed by atoms with van der Waals surface area (Å²) in [5.74, 6) is 0.103. The molecule has 2 heterocycles. The van der Waals surface area contributed by atoms with E-state index in [4.69, 9.17) is 4.74 Å². The van der Waals surface area contributed by atoms with Gasteiger partial charge in [-0.1, -0.05) is 38.3 Å². The van der Waals surface area contributed by atoms with E-state index in [-0.39, 0.29) is 35.6 Å². The Morgan fingerprint density at radius 2 is 1.84 bits per heavy atom. The summed E-state index contributed by atoms with van der Waals surface area (Å²) in [7, 11) is 1.51. The van der Waals surface area contributed by atoms with Crippen LogP contribution in [0.25, 0.3) is 16.7 Å². The Balaban J connectivity index is 1.59. The molecular weight excluding hydrogens is 486 g/mol. The predicted octanol–water partition coefficient (Wildman–Crippen LogP) is 3.17. The number of hydrogen-bond acceptors (Lipinski definition) is 6. The maximum absolute atomic E-state index is 13.6. The second-order valence-electron chi connectivity index (χ2n) is 9.73. The maximum Gasteiger partial charge on any atom is 0.352 e. The van der Waals surface area contributed by atoms with Crippen LogP contribution < -0.4 is 21.3 Å². The molecule has 0 aliphatic heterocycles. The summed E-state index contributed by atoms with van der Waals surface area (Å²) in [6.45, 7) is 1.97. The number of benzene rings is 2. The van der Waals surface area contributed by atoms with Gasteiger partial charge in [-0.05, 0) is 49.6 Å². The van der Waals surface area contributed by atoms with Gasteiger partial charge in [-0.25, -0.2) is 13.9 Å². The van der Waals surface area contributed by atoms with Gasteiger partial charge in [0.25, 0.3) is 11.5 Å². The van der Waals surface area contributed by atoms with Crippen LogP contribution in [-0.4, -0.2) is 43.6 Å². The Bertz CT molecular complexity index is 1640. The van der Waals surface area contributed by atoms with Crippen molar-refractivity contribution in [2.75, 3.05) is 7.11 Å². The molecule has 10 nitrogen and oxygen atoms in total. The van der Waals surface area contributed by atoms with Gasteiger partial charge in [0.15, 0.2) is 5.78 Å². The molecule has 0 atom stereocenters. The molecule has 1 fully saturated rings. The van der Waals surface area contributed by atoms with Crippen LogP contribution in [0.4, 0.5) is 0 Å². The number of fused-ring (bicyclic) bond motifs is 3. The van der Waals surface area contributed by atoms with Gasteiger partial charge in [-0.2, -0.15) is 0 Å². The molecular formula is C28H31N5O5.